The maximum absolute atomic E-state index is 4.25. The van der Waals surface area contributed by atoms with E-state index < -0.39 is 0 Å². The van der Waals surface area contributed by atoms with E-state index in [1.54, 1.807) is 12.5 Å². The van der Waals surface area contributed by atoms with Crippen molar-refractivity contribution in [2.75, 3.05) is 16.8 Å². The Morgan fingerprint density at radius 1 is 1.50 bits per heavy atom. The minimum Gasteiger partial charge on any atom is -0.354 e. The van der Waals surface area contributed by atoms with Crippen LogP contribution in [0, 0.1) is 0 Å². The Balaban J connectivity index is 2.68. The molecule has 0 atom stereocenters. The maximum atomic E-state index is 4.25. The van der Waals surface area contributed by atoms with Gasteiger partial charge in [-0.1, -0.05) is 15.9 Å². The highest BCUT2D eigenvalue weighted by Crippen LogP contribution is 2.12. The standard InChI is InChI=1S/C10H16BrN3/c1-9(2)14(7-3-5-11)10-4-6-12-8-13-10/h4,6,8-9H,3,5,7H2,1-2H3. The molecular formula is C10H16BrN3. The summed E-state index contributed by atoms with van der Waals surface area (Å²) in [6.45, 7) is 5.38. The zero-order chi connectivity index (χ0) is 10.4. The first kappa shape index (κ1) is 11.4. The quantitative estimate of drug-likeness (QED) is 0.760. The molecule has 1 heterocycles. The topological polar surface area (TPSA) is 29.0 Å². The van der Waals surface area contributed by atoms with E-state index in [1.807, 2.05) is 6.07 Å². The lowest BCUT2D eigenvalue weighted by Gasteiger charge is -2.27. The van der Waals surface area contributed by atoms with Crippen LogP contribution in [-0.4, -0.2) is 27.9 Å². The van der Waals surface area contributed by atoms with Gasteiger partial charge in [0.1, 0.15) is 12.1 Å². The molecule has 4 heteroatoms. The second kappa shape index (κ2) is 5.96. The number of hydrogen-bond acceptors (Lipinski definition) is 3. The van der Waals surface area contributed by atoms with Crippen molar-refractivity contribution in [1.82, 2.24) is 9.97 Å². The molecule has 78 valence electrons. The summed E-state index contributed by atoms with van der Waals surface area (Å²) in [5.41, 5.74) is 0. The van der Waals surface area contributed by atoms with Crippen LogP contribution < -0.4 is 4.90 Å². The summed E-state index contributed by atoms with van der Waals surface area (Å²) in [5, 5.41) is 1.03. The molecule has 0 spiro atoms. The molecule has 1 aromatic heterocycles. The lowest BCUT2D eigenvalue weighted by Crippen LogP contribution is -2.32. The molecule has 0 N–H and O–H groups in total. The molecule has 3 nitrogen and oxygen atoms in total. The summed E-state index contributed by atoms with van der Waals surface area (Å²) in [5.74, 6) is 1.01. The van der Waals surface area contributed by atoms with E-state index in [0.29, 0.717) is 6.04 Å². The molecule has 0 aliphatic rings. The Morgan fingerprint density at radius 3 is 2.79 bits per heavy atom. The highest BCUT2D eigenvalue weighted by molar-refractivity contribution is 9.09. The molecule has 0 fully saturated rings. The molecule has 0 aliphatic carbocycles. The van der Waals surface area contributed by atoms with Gasteiger partial charge >= 0.3 is 0 Å². The SMILES string of the molecule is CC(C)N(CCCBr)c1ccncn1. The van der Waals surface area contributed by atoms with Gasteiger partial charge in [0.25, 0.3) is 0 Å². The number of alkyl halides is 1. The number of hydrogen-bond donors (Lipinski definition) is 0. The third-order valence-electron chi connectivity index (χ3n) is 2.02. The normalized spacial score (nSPS) is 10.6. The molecule has 1 rings (SSSR count). The first-order valence-electron chi connectivity index (χ1n) is 4.84. The first-order valence-corrected chi connectivity index (χ1v) is 5.96. The van der Waals surface area contributed by atoms with E-state index in [-0.39, 0.29) is 0 Å². The van der Waals surface area contributed by atoms with Crippen LogP contribution in [0.25, 0.3) is 0 Å². The van der Waals surface area contributed by atoms with Crippen LogP contribution in [-0.2, 0) is 0 Å². The lowest BCUT2D eigenvalue weighted by molar-refractivity contribution is 0.664. The molecule has 0 unspecified atom stereocenters. The smallest absolute Gasteiger partial charge is 0.132 e. The highest BCUT2D eigenvalue weighted by atomic mass is 79.9. The van der Waals surface area contributed by atoms with Crippen LogP contribution in [0.1, 0.15) is 20.3 Å². The largest absolute Gasteiger partial charge is 0.354 e. The van der Waals surface area contributed by atoms with Gasteiger partial charge in [-0.25, -0.2) is 9.97 Å². The second-order valence-corrected chi connectivity index (χ2v) is 4.19. The minimum atomic E-state index is 0.476. The Labute approximate surface area is 93.7 Å². The number of aromatic nitrogens is 2. The van der Waals surface area contributed by atoms with Gasteiger partial charge in [0.15, 0.2) is 0 Å². The minimum absolute atomic E-state index is 0.476. The average Bonchev–Trinajstić information content (AvgIpc) is 2.19. The highest BCUT2D eigenvalue weighted by Gasteiger charge is 2.10. The molecule has 0 radical (unpaired) electrons. The second-order valence-electron chi connectivity index (χ2n) is 3.40. The van der Waals surface area contributed by atoms with Crippen molar-refractivity contribution in [3.05, 3.63) is 18.6 Å². The number of halogens is 1. The van der Waals surface area contributed by atoms with Crippen LogP contribution in [0.15, 0.2) is 18.6 Å². The monoisotopic (exact) mass is 257 g/mol. The fourth-order valence-corrected chi connectivity index (χ4v) is 1.57. The van der Waals surface area contributed by atoms with E-state index in [1.165, 1.54) is 0 Å². The Morgan fingerprint density at radius 2 is 2.29 bits per heavy atom. The lowest BCUT2D eigenvalue weighted by atomic mass is 10.3. The molecule has 0 bridgehead atoms. The third-order valence-corrected chi connectivity index (χ3v) is 2.58. The van der Waals surface area contributed by atoms with Crippen LogP contribution in [0.2, 0.25) is 0 Å². The van der Waals surface area contributed by atoms with Crippen LogP contribution in [0.4, 0.5) is 5.82 Å². The first-order chi connectivity index (χ1) is 6.75. The molecule has 0 aromatic carbocycles. The van der Waals surface area contributed by atoms with Crippen LogP contribution in [0.3, 0.4) is 0 Å². The summed E-state index contributed by atoms with van der Waals surface area (Å²) in [6, 6.07) is 2.43. The molecule has 0 saturated heterocycles. The van der Waals surface area contributed by atoms with Crippen molar-refractivity contribution < 1.29 is 0 Å². The third kappa shape index (κ3) is 3.25. The average molecular weight is 258 g/mol. The Kier molecular flexibility index (Phi) is 4.87. The van der Waals surface area contributed by atoms with Crippen molar-refractivity contribution in [1.29, 1.82) is 0 Å². The zero-order valence-electron chi connectivity index (χ0n) is 8.65. The summed E-state index contributed by atoms with van der Waals surface area (Å²) in [7, 11) is 0. The zero-order valence-corrected chi connectivity index (χ0v) is 10.2. The van der Waals surface area contributed by atoms with Crippen LogP contribution in [0.5, 0.6) is 0 Å². The van der Waals surface area contributed by atoms with E-state index in [9.17, 15) is 0 Å². The summed E-state index contributed by atoms with van der Waals surface area (Å²) in [6.07, 6.45) is 4.51. The van der Waals surface area contributed by atoms with Gasteiger partial charge in [-0.05, 0) is 26.3 Å². The van der Waals surface area contributed by atoms with Crippen LogP contribution >= 0.6 is 15.9 Å². The number of rotatable bonds is 5. The van der Waals surface area contributed by atoms with Crippen molar-refractivity contribution in [2.24, 2.45) is 0 Å². The van der Waals surface area contributed by atoms with E-state index in [2.05, 4.69) is 44.6 Å². The van der Waals surface area contributed by atoms with Gasteiger partial charge in [0.05, 0.1) is 0 Å². The fourth-order valence-electron chi connectivity index (χ4n) is 1.32. The molecule has 14 heavy (non-hydrogen) atoms. The van der Waals surface area contributed by atoms with Crippen molar-refractivity contribution in [2.45, 2.75) is 26.3 Å². The summed E-state index contributed by atoms with van der Waals surface area (Å²) >= 11 is 3.44. The van der Waals surface area contributed by atoms with Gasteiger partial charge < -0.3 is 4.90 Å². The van der Waals surface area contributed by atoms with Gasteiger partial charge in [0.2, 0.25) is 0 Å². The Hall–Kier alpha value is -0.640. The van der Waals surface area contributed by atoms with Gasteiger partial charge in [0, 0.05) is 24.1 Å². The maximum Gasteiger partial charge on any atom is 0.132 e. The Bertz CT molecular complexity index is 251. The van der Waals surface area contributed by atoms with Crippen molar-refractivity contribution in [3.63, 3.8) is 0 Å². The van der Waals surface area contributed by atoms with E-state index >= 15 is 0 Å². The molecular weight excluding hydrogens is 242 g/mol. The predicted octanol–water partition coefficient (Wildman–Crippen LogP) is 2.48. The number of nitrogens with zero attached hydrogens (tertiary/aromatic N) is 3. The fraction of sp³-hybridized carbons (Fsp3) is 0.600. The number of anilines is 1. The van der Waals surface area contributed by atoms with Gasteiger partial charge in [-0.2, -0.15) is 0 Å². The predicted molar refractivity (Wildman–Crippen MR) is 62.9 cm³/mol. The molecule has 1 aromatic rings. The summed E-state index contributed by atoms with van der Waals surface area (Å²) in [4.78, 5) is 10.5. The summed E-state index contributed by atoms with van der Waals surface area (Å²) < 4.78 is 0. The van der Waals surface area contributed by atoms with Crippen molar-refractivity contribution in [3.8, 4) is 0 Å². The molecule has 0 aliphatic heterocycles. The van der Waals surface area contributed by atoms with Gasteiger partial charge in [-0.3, -0.25) is 0 Å². The molecule has 0 amide bonds. The van der Waals surface area contributed by atoms with E-state index in [4.69, 9.17) is 0 Å². The van der Waals surface area contributed by atoms with Crippen molar-refractivity contribution >= 4 is 21.7 Å². The van der Waals surface area contributed by atoms with E-state index in [0.717, 1.165) is 24.1 Å². The molecule has 0 saturated carbocycles. The van der Waals surface area contributed by atoms with Gasteiger partial charge in [-0.15, -0.1) is 0 Å².